The van der Waals surface area contributed by atoms with Gasteiger partial charge in [-0.15, -0.1) is 10.2 Å². The summed E-state index contributed by atoms with van der Waals surface area (Å²) >= 11 is 1.63. The van der Waals surface area contributed by atoms with Crippen LogP contribution in [0.2, 0.25) is 0 Å². The molecule has 6 heteroatoms. The molecule has 0 aliphatic heterocycles. The Labute approximate surface area is 127 Å². The Hall–Kier alpha value is -1.58. The van der Waals surface area contributed by atoms with Crippen molar-refractivity contribution >= 4 is 17.4 Å². The lowest BCUT2D eigenvalue weighted by molar-refractivity contribution is 0.401. The Morgan fingerprint density at radius 1 is 1.33 bits per heavy atom. The number of nitrogens with zero attached hydrogens (tertiary/aromatic N) is 4. The summed E-state index contributed by atoms with van der Waals surface area (Å²) in [6, 6.07) is 8.98. The van der Waals surface area contributed by atoms with Crippen molar-refractivity contribution in [2.24, 2.45) is 5.92 Å². The number of hydrogen-bond acceptors (Lipinski definition) is 5. The van der Waals surface area contributed by atoms with Gasteiger partial charge in [0.15, 0.2) is 10.8 Å². The van der Waals surface area contributed by atoms with Crippen molar-refractivity contribution in [1.29, 1.82) is 5.26 Å². The van der Waals surface area contributed by atoms with E-state index in [9.17, 15) is 5.26 Å². The summed E-state index contributed by atoms with van der Waals surface area (Å²) in [6.07, 6.45) is 6.70. The van der Waals surface area contributed by atoms with Gasteiger partial charge in [-0.25, -0.2) is 0 Å². The molecule has 21 heavy (non-hydrogen) atoms. The van der Waals surface area contributed by atoms with Gasteiger partial charge in [0.1, 0.15) is 5.54 Å². The predicted octanol–water partition coefficient (Wildman–Crippen LogP) is 2.25. The summed E-state index contributed by atoms with van der Waals surface area (Å²) in [5, 5.41) is 22.6. The van der Waals surface area contributed by atoms with E-state index in [0.717, 1.165) is 29.4 Å². The van der Waals surface area contributed by atoms with Crippen LogP contribution in [0.15, 0.2) is 29.6 Å². The Bertz CT molecular complexity index is 697. The molecule has 0 radical (unpaired) electrons. The molecule has 5 nitrogen and oxygen atoms in total. The van der Waals surface area contributed by atoms with Gasteiger partial charge in [0.2, 0.25) is 0 Å². The third-order valence-corrected chi connectivity index (χ3v) is 5.36. The summed E-state index contributed by atoms with van der Waals surface area (Å²) < 4.78 is 1.98. The highest BCUT2D eigenvalue weighted by Crippen LogP contribution is 2.43. The van der Waals surface area contributed by atoms with Gasteiger partial charge in [-0.2, -0.15) is 5.26 Å². The number of fused-ring (bicyclic) bond motifs is 1. The normalized spacial score (nSPS) is 21.1. The molecule has 2 aliphatic carbocycles. The number of rotatable bonds is 6. The molecule has 2 aliphatic rings. The lowest BCUT2D eigenvalue weighted by Gasteiger charge is -2.27. The van der Waals surface area contributed by atoms with Gasteiger partial charge in [-0.05, 0) is 43.7 Å². The van der Waals surface area contributed by atoms with Crippen molar-refractivity contribution in [3.8, 4) is 6.07 Å². The summed E-state index contributed by atoms with van der Waals surface area (Å²) in [7, 11) is 0. The zero-order valence-corrected chi connectivity index (χ0v) is 12.5. The fraction of sp³-hybridized carbons (Fsp3) is 0.533. The van der Waals surface area contributed by atoms with Crippen LogP contribution in [0.3, 0.4) is 0 Å². The first kappa shape index (κ1) is 13.1. The fourth-order valence-corrected chi connectivity index (χ4v) is 3.83. The molecule has 2 heterocycles. The zero-order valence-electron chi connectivity index (χ0n) is 11.7. The van der Waals surface area contributed by atoms with Crippen LogP contribution in [0.4, 0.5) is 0 Å². The highest BCUT2D eigenvalue weighted by molar-refractivity contribution is 7.99. The molecular formula is C15H17N5S. The molecule has 4 rings (SSSR count). The molecule has 2 aromatic heterocycles. The highest BCUT2D eigenvalue weighted by atomic mass is 32.2. The Kier molecular flexibility index (Phi) is 3.12. The first-order valence-corrected chi connectivity index (χ1v) is 8.41. The predicted molar refractivity (Wildman–Crippen MR) is 80.9 cm³/mol. The maximum Gasteiger partial charge on any atom is 0.195 e. The molecule has 0 bridgehead atoms. The van der Waals surface area contributed by atoms with Crippen molar-refractivity contribution in [2.75, 3.05) is 5.75 Å². The Morgan fingerprint density at radius 2 is 2.19 bits per heavy atom. The van der Waals surface area contributed by atoms with E-state index in [4.69, 9.17) is 0 Å². The number of hydrogen-bond donors (Lipinski definition) is 1. The minimum atomic E-state index is -0.396. The molecule has 2 aromatic rings. The molecule has 1 N–H and O–H groups in total. The molecule has 0 amide bonds. The molecule has 2 fully saturated rings. The van der Waals surface area contributed by atoms with E-state index >= 15 is 0 Å². The lowest BCUT2D eigenvalue weighted by atomic mass is 9.97. The molecular weight excluding hydrogens is 282 g/mol. The number of nitriles is 1. The largest absolute Gasteiger partial charge is 0.296 e. The molecule has 108 valence electrons. The molecule has 1 unspecified atom stereocenters. The topological polar surface area (TPSA) is 66.0 Å². The third-order valence-electron chi connectivity index (χ3n) is 4.22. The van der Waals surface area contributed by atoms with Gasteiger partial charge in [0.25, 0.3) is 0 Å². The maximum absolute atomic E-state index is 9.74. The molecule has 0 saturated heterocycles. The van der Waals surface area contributed by atoms with Crippen LogP contribution in [-0.2, 0) is 0 Å². The van der Waals surface area contributed by atoms with E-state index in [1.807, 2.05) is 28.8 Å². The lowest BCUT2D eigenvalue weighted by Crippen LogP contribution is -2.49. The summed E-state index contributed by atoms with van der Waals surface area (Å²) in [6.45, 7) is 0. The quantitative estimate of drug-likeness (QED) is 0.829. The van der Waals surface area contributed by atoms with Crippen LogP contribution in [0.25, 0.3) is 5.65 Å². The van der Waals surface area contributed by atoms with Crippen LogP contribution in [0, 0.1) is 17.2 Å². The van der Waals surface area contributed by atoms with Crippen LogP contribution in [0.5, 0.6) is 0 Å². The minimum absolute atomic E-state index is 0.396. The second-order valence-electron chi connectivity index (χ2n) is 5.98. The van der Waals surface area contributed by atoms with Gasteiger partial charge in [0, 0.05) is 18.0 Å². The molecule has 0 aromatic carbocycles. The second-order valence-corrected chi connectivity index (χ2v) is 6.92. The standard InChI is InChI=1S/C15H17N5S/c16-9-15(11-4-5-11,17-12-6-7-12)10-21-14-19-18-13-3-1-2-8-20(13)14/h1-3,8,11-12,17H,4-7,10H2. The van der Waals surface area contributed by atoms with Crippen molar-refractivity contribution in [3.05, 3.63) is 24.4 Å². The number of nitrogens with one attached hydrogen (secondary N) is 1. The van der Waals surface area contributed by atoms with Crippen LogP contribution in [-0.4, -0.2) is 31.9 Å². The van der Waals surface area contributed by atoms with Crippen LogP contribution >= 0.6 is 11.8 Å². The van der Waals surface area contributed by atoms with E-state index in [2.05, 4.69) is 21.6 Å². The summed E-state index contributed by atoms with van der Waals surface area (Å²) in [5.41, 5.74) is 0.455. The number of pyridine rings is 1. The second kappa shape index (κ2) is 5.00. The van der Waals surface area contributed by atoms with E-state index in [1.165, 1.54) is 12.8 Å². The highest BCUT2D eigenvalue weighted by Gasteiger charge is 2.48. The summed E-state index contributed by atoms with van der Waals surface area (Å²) in [4.78, 5) is 0. The zero-order chi connectivity index (χ0) is 14.3. The van der Waals surface area contributed by atoms with Crippen molar-refractivity contribution < 1.29 is 0 Å². The fourth-order valence-electron chi connectivity index (χ4n) is 2.70. The first-order valence-electron chi connectivity index (χ1n) is 7.42. The molecule has 0 spiro atoms. The molecule has 1 atom stereocenters. The number of aromatic nitrogens is 3. The van der Waals surface area contributed by atoms with Gasteiger partial charge in [-0.3, -0.25) is 9.72 Å². The maximum atomic E-state index is 9.74. The van der Waals surface area contributed by atoms with Crippen molar-refractivity contribution in [3.63, 3.8) is 0 Å². The van der Waals surface area contributed by atoms with Crippen molar-refractivity contribution in [2.45, 2.75) is 42.4 Å². The Morgan fingerprint density at radius 3 is 2.90 bits per heavy atom. The average molecular weight is 299 g/mol. The van der Waals surface area contributed by atoms with E-state index in [1.54, 1.807) is 11.8 Å². The van der Waals surface area contributed by atoms with E-state index < -0.39 is 5.54 Å². The monoisotopic (exact) mass is 299 g/mol. The minimum Gasteiger partial charge on any atom is -0.296 e. The Balaban J connectivity index is 1.54. The van der Waals surface area contributed by atoms with Gasteiger partial charge in [-0.1, -0.05) is 17.8 Å². The smallest absolute Gasteiger partial charge is 0.195 e. The van der Waals surface area contributed by atoms with E-state index in [0.29, 0.717) is 12.0 Å². The average Bonchev–Trinajstić information content (AvgIpc) is 3.42. The van der Waals surface area contributed by atoms with Crippen molar-refractivity contribution in [1.82, 2.24) is 19.9 Å². The van der Waals surface area contributed by atoms with E-state index in [-0.39, 0.29) is 0 Å². The van der Waals surface area contributed by atoms with Gasteiger partial charge in [0.05, 0.1) is 6.07 Å². The first-order chi connectivity index (χ1) is 10.3. The van der Waals surface area contributed by atoms with Crippen LogP contribution in [0.1, 0.15) is 25.7 Å². The number of thioether (sulfide) groups is 1. The SMILES string of the molecule is N#CC(CSc1nnc2ccccn12)(NC1CC1)C1CC1. The third kappa shape index (κ3) is 2.52. The summed E-state index contributed by atoms with van der Waals surface area (Å²) in [5.74, 6) is 1.23. The molecule has 2 saturated carbocycles. The van der Waals surface area contributed by atoms with Gasteiger partial charge < -0.3 is 0 Å². The van der Waals surface area contributed by atoms with Crippen LogP contribution < -0.4 is 5.32 Å². The van der Waals surface area contributed by atoms with Gasteiger partial charge >= 0.3 is 0 Å².